The molecule has 1 fully saturated rings. The Morgan fingerprint density at radius 1 is 0.941 bits per heavy atom. The number of aryl methyl sites for hydroxylation is 1. The van der Waals surface area contributed by atoms with E-state index in [1.807, 2.05) is 6.07 Å². The average Bonchev–Trinajstić information content (AvgIpc) is 3.13. The number of hydrogen-bond acceptors (Lipinski definition) is 1. The van der Waals surface area contributed by atoms with Crippen molar-refractivity contribution in [2.45, 2.75) is 25.6 Å². The second-order valence-corrected chi connectivity index (χ2v) is 4.70. The van der Waals surface area contributed by atoms with Crippen LogP contribution in [0.1, 0.15) is 22.8 Å². The predicted molar refractivity (Wildman–Crippen MR) is 68.9 cm³/mol. The van der Waals surface area contributed by atoms with Crippen LogP contribution >= 0.6 is 0 Å². The van der Waals surface area contributed by atoms with Gasteiger partial charge in [-0.3, -0.25) is 0 Å². The highest BCUT2D eigenvalue weighted by Crippen LogP contribution is 2.40. The summed E-state index contributed by atoms with van der Waals surface area (Å²) >= 11 is 0. The van der Waals surface area contributed by atoms with Gasteiger partial charge in [-0.1, -0.05) is 60.2 Å². The molecule has 17 heavy (non-hydrogen) atoms. The standard InChI is InChI=1S/C16H16O/c1-12-7-9-13(10-8-12)11-15-16(17-15)14-5-3-2-4-6-14/h2-10,15-16H,11H2,1H3/t15-,16-/m1/s1. The van der Waals surface area contributed by atoms with Crippen molar-refractivity contribution in [1.29, 1.82) is 0 Å². The van der Waals surface area contributed by atoms with Crippen molar-refractivity contribution < 1.29 is 4.74 Å². The van der Waals surface area contributed by atoms with Gasteiger partial charge in [0.2, 0.25) is 0 Å². The van der Waals surface area contributed by atoms with E-state index in [1.165, 1.54) is 16.7 Å². The first-order valence-electron chi connectivity index (χ1n) is 6.09. The van der Waals surface area contributed by atoms with Crippen molar-refractivity contribution in [2.75, 3.05) is 0 Å². The molecule has 1 nitrogen and oxygen atoms in total. The van der Waals surface area contributed by atoms with Gasteiger partial charge in [0, 0.05) is 6.42 Å². The molecule has 0 radical (unpaired) electrons. The second kappa shape index (κ2) is 4.34. The molecule has 86 valence electrons. The zero-order valence-corrected chi connectivity index (χ0v) is 9.97. The van der Waals surface area contributed by atoms with Gasteiger partial charge in [-0.25, -0.2) is 0 Å². The van der Waals surface area contributed by atoms with Gasteiger partial charge in [0.05, 0.1) is 6.10 Å². The highest BCUT2D eigenvalue weighted by Gasteiger charge is 2.39. The van der Waals surface area contributed by atoms with Gasteiger partial charge in [0.25, 0.3) is 0 Å². The summed E-state index contributed by atoms with van der Waals surface area (Å²) in [6.45, 7) is 2.12. The molecule has 2 aromatic rings. The van der Waals surface area contributed by atoms with Gasteiger partial charge < -0.3 is 4.74 Å². The third-order valence-corrected chi connectivity index (χ3v) is 3.27. The maximum Gasteiger partial charge on any atom is 0.109 e. The van der Waals surface area contributed by atoms with Gasteiger partial charge in [0.15, 0.2) is 0 Å². The Labute approximate surface area is 102 Å². The largest absolute Gasteiger partial charge is 0.364 e. The van der Waals surface area contributed by atoms with Crippen molar-refractivity contribution in [3.8, 4) is 0 Å². The summed E-state index contributed by atoms with van der Waals surface area (Å²) in [4.78, 5) is 0. The molecule has 2 atom stereocenters. The van der Waals surface area contributed by atoms with Crippen molar-refractivity contribution in [1.82, 2.24) is 0 Å². The van der Waals surface area contributed by atoms with Crippen LogP contribution in [0, 0.1) is 6.92 Å². The Balaban J connectivity index is 1.64. The van der Waals surface area contributed by atoms with Gasteiger partial charge in [-0.05, 0) is 18.1 Å². The van der Waals surface area contributed by atoms with Crippen molar-refractivity contribution in [3.05, 3.63) is 71.3 Å². The van der Waals surface area contributed by atoms with Crippen LogP contribution in [0.3, 0.4) is 0 Å². The van der Waals surface area contributed by atoms with Crippen LogP contribution in [-0.2, 0) is 11.2 Å². The quantitative estimate of drug-likeness (QED) is 0.724. The van der Waals surface area contributed by atoms with Crippen LogP contribution in [0.25, 0.3) is 0 Å². The fourth-order valence-corrected chi connectivity index (χ4v) is 2.19. The van der Waals surface area contributed by atoms with Gasteiger partial charge in [-0.2, -0.15) is 0 Å². The Bertz CT molecular complexity index is 487. The molecule has 3 rings (SSSR count). The van der Waals surface area contributed by atoms with Crippen molar-refractivity contribution in [3.63, 3.8) is 0 Å². The minimum atomic E-state index is 0.303. The fourth-order valence-electron chi connectivity index (χ4n) is 2.19. The summed E-state index contributed by atoms with van der Waals surface area (Å²) in [6.07, 6.45) is 1.68. The summed E-state index contributed by atoms with van der Waals surface area (Å²) in [5.41, 5.74) is 3.97. The van der Waals surface area contributed by atoms with E-state index < -0.39 is 0 Å². The Kier molecular flexibility index (Phi) is 2.69. The summed E-state index contributed by atoms with van der Waals surface area (Å²) < 4.78 is 5.74. The monoisotopic (exact) mass is 224 g/mol. The minimum absolute atomic E-state index is 0.303. The lowest BCUT2D eigenvalue weighted by atomic mass is 10.0. The second-order valence-electron chi connectivity index (χ2n) is 4.70. The maximum atomic E-state index is 5.74. The lowest BCUT2D eigenvalue weighted by molar-refractivity contribution is 0.373. The number of hydrogen-bond donors (Lipinski definition) is 0. The van der Waals surface area contributed by atoms with E-state index in [4.69, 9.17) is 4.74 Å². The Morgan fingerprint density at radius 2 is 1.65 bits per heavy atom. The number of rotatable bonds is 3. The van der Waals surface area contributed by atoms with E-state index in [1.54, 1.807) is 0 Å². The van der Waals surface area contributed by atoms with Gasteiger partial charge >= 0.3 is 0 Å². The third-order valence-electron chi connectivity index (χ3n) is 3.27. The first kappa shape index (κ1) is 10.5. The highest BCUT2D eigenvalue weighted by atomic mass is 16.6. The van der Waals surface area contributed by atoms with Crippen LogP contribution < -0.4 is 0 Å². The number of benzene rings is 2. The minimum Gasteiger partial charge on any atom is -0.364 e. The van der Waals surface area contributed by atoms with E-state index >= 15 is 0 Å². The van der Waals surface area contributed by atoms with Crippen LogP contribution in [0.15, 0.2) is 54.6 Å². The summed E-state index contributed by atoms with van der Waals surface area (Å²) in [7, 11) is 0. The van der Waals surface area contributed by atoms with E-state index in [-0.39, 0.29) is 0 Å². The summed E-state index contributed by atoms with van der Waals surface area (Å²) in [5.74, 6) is 0. The fraction of sp³-hybridized carbons (Fsp3) is 0.250. The molecule has 0 amide bonds. The lowest BCUT2D eigenvalue weighted by Crippen LogP contribution is -1.95. The number of epoxide rings is 1. The van der Waals surface area contributed by atoms with E-state index in [0.717, 1.165) is 6.42 Å². The summed E-state index contributed by atoms with van der Waals surface area (Å²) in [5, 5.41) is 0. The lowest BCUT2D eigenvalue weighted by Gasteiger charge is -1.99. The molecule has 0 N–H and O–H groups in total. The third kappa shape index (κ3) is 2.40. The molecule has 0 spiro atoms. The zero-order valence-electron chi connectivity index (χ0n) is 9.97. The maximum absolute atomic E-state index is 5.74. The number of ether oxygens (including phenoxy) is 1. The highest BCUT2D eigenvalue weighted by molar-refractivity contribution is 5.26. The average molecular weight is 224 g/mol. The van der Waals surface area contributed by atoms with Gasteiger partial charge in [0.1, 0.15) is 6.10 Å². The molecular formula is C16H16O. The zero-order chi connectivity index (χ0) is 11.7. The van der Waals surface area contributed by atoms with Crippen LogP contribution in [0.5, 0.6) is 0 Å². The molecular weight excluding hydrogens is 208 g/mol. The van der Waals surface area contributed by atoms with E-state index in [0.29, 0.717) is 12.2 Å². The topological polar surface area (TPSA) is 12.5 Å². The molecule has 1 heteroatoms. The molecule has 1 aliphatic heterocycles. The Morgan fingerprint density at radius 3 is 2.35 bits per heavy atom. The molecule has 1 aliphatic rings. The predicted octanol–water partition coefficient (Wildman–Crippen LogP) is 3.68. The van der Waals surface area contributed by atoms with Crippen LogP contribution in [0.2, 0.25) is 0 Å². The van der Waals surface area contributed by atoms with E-state index in [2.05, 4.69) is 55.5 Å². The van der Waals surface area contributed by atoms with Crippen LogP contribution in [-0.4, -0.2) is 6.10 Å². The first-order chi connectivity index (χ1) is 8.33. The molecule has 0 saturated carbocycles. The molecule has 1 heterocycles. The first-order valence-corrected chi connectivity index (χ1v) is 6.09. The van der Waals surface area contributed by atoms with E-state index in [9.17, 15) is 0 Å². The molecule has 0 bridgehead atoms. The SMILES string of the molecule is Cc1ccc(C[C@H]2O[C@@H]2c2ccccc2)cc1. The normalized spacial score (nSPS) is 22.4. The van der Waals surface area contributed by atoms with Crippen molar-refractivity contribution >= 4 is 0 Å². The smallest absolute Gasteiger partial charge is 0.109 e. The molecule has 1 saturated heterocycles. The Hall–Kier alpha value is -1.60. The molecule has 0 aromatic heterocycles. The molecule has 0 aliphatic carbocycles. The summed E-state index contributed by atoms with van der Waals surface area (Å²) in [6, 6.07) is 19.2. The van der Waals surface area contributed by atoms with Crippen molar-refractivity contribution in [2.24, 2.45) is 0 Å². The molecule has 2 aromatic carbocycles. The molecule has 0 unspecified atom stereocenters. The van der Waals surface area contributed by atoms with Gasteiger partial charge in [-0.15, -0.1) is 0 Å². The van der Waals surface area contributed by atoms with Crippen LogP contribution in [0.4, 0.5) is 0 Å².